The van der Waals surface area contributed by atoms with Crippen molar-refractivity contribution < 1.29 is 27.0 Å². The molecular formula is C19H17F4IN4O2. The highest BCUT2D eigenvalue weighted by Gasteiger charge is 2.10. The smallest absolute Gasteiger partial charge is 0.387 e. The zero-order valence-electron chi connectivity index (χ0n) is 16.1. The lowest BCUT2D eigenvalue weighted by Crippen LogP contribution is -2.01. The van der Waals surface area contributed by atoms with Gasteiger partial charge >= 0.3 is 13.2 Å². The molecule has 4 aromatic rings. The quantitative estimate of drug-likeness (QED) is 0.264. The summed E-state index contributed by atoms with van der Waals surface area (Å²) < 4.78 is 60.7. The fourth-order valence-electron chi connectivity index (χ4n) is 2.97. The monoisotopic (exact) mass is 536 g/mol. The molecular weight excluding hydrogens is 519 g/mol. The van der Waals surface area contributed by atoms with Crippen molar-refractivity contribution in [2.75, 3.05) is 0 Å². The van der Waals surface area contributed by atoms with Crippen LogP contribution in [0.2, 0.25) is 0 Å². The second-order valence-corrected chi connectivity index (χ2v) is 7.26. The number of rotatable bonds is 4. The fraction of sp³-hybridized carbons (Fsp3) is 0.263. The van der Waals surface area contributed by atoms with Crippen molar-refractivity contribution in [3.8, 4) is 11.5 Å². The van der Waals surface area contributed by atoms with Crippen LogP contribution in [-0.4, -0.2) is 32.8 Å². The van der Waals surface area contributed by atoms with Crippen LogP contribution in [0.1, 0.15) is 5.69 Å². The number of aromatic nitrogens is 4. The second-order valence-electron chi connectivity index (χ2n) is 6.24. The van der Waals surface area contributed by atoms with Gasteiger partial charge in [-0.25, -0.2) is 0 Å². The SMILES string of the molecule is Cc1nn(C)c2ccc(OC(F)F)cc12.Cn1nc(I)c2cc(OC(F)F)ccc21. The van der Waals surface area contributed by atoms with Crippen LogP contribution in [0.3, 0.4) is 0 Å². The van der Waals surface area contributed by atoms with Crippen molar-refractivity contribution in [2.45, 2.75) is 20.1 Å². The van der Waals surface area contributed by atoms with E-state index < -0.39 is 13.2 Å². The van der Waals surface area contributed by atoms with E-state index in [1.807, 2.05) is 14.0 Å². The van der Waals surface area contributed by atoms with E-state index in [1.165, 1.54) is 12.1 Å². The van der Waals surface area contributed by atoms with Crippen LogP contribution < -0.4 is 9.47 Å². The Hall–Kier alpha value is -2.57. The van der Waals surface area contributed by atoms with Crippen LogP contribution in [-0.2, 0) is 14.1 Å². The minimum absolute atomic E-state index is 0.156. The molecule has 0 N–H and O–H groups in total. The number of alkyl halides is 4. The normalized spacial score (nSPS) is 11.3. The lowest BCUT2D eigenvalue weighted by atomic mass is 10.2. The minimum atomic E-state index is -2.79. The van der Waals surface area contributed by atoms with Gasteiger partial charge in [-0.1, -0.05) is 0 Å². The predicted molar refractivity (Wildman–Crippen MR) is 112 cm³/mol. The third-order valence-corrected chi connectivity index (χ3v) is 5.03. The maximum Gasteiger partial charge on any atom is 0.387 e. The van der Waals surface area contributed by atoms with E-state index in [9.17, 15) is 17.6 Å². The molecule has 6 nitrogen and oxygen atoms in total. The minimum Gasteiger partial charge on any atom is -0.435 e. The molecule has 0 radical (unpaired) electrons. The van der Waals surface area contributed by atoms with E-state index in [-0.39, 0.29) is 11.5 Å². The molecule has 0 unspecified atom stereocenters. The van der Waals surface area contributed by atoms with Gasteiger partial charge in [0.1, 0.15) is 15.2 Å². The Labute approximate surface area is 182 Å². The molecule has 0 aliphatic carbocycles. The van der Waals surface area contributed by atoms with Gasteiger partial charge in [0.2, 0.25) is 0 Å². The lowest BCUT2D eigenvalue weighted by Gasteiger charge is -2.03. The summed E-state index contributed by atoms with van der Waals surface area (Å²) in [6.07, 6.45) is 0. The van der Waals surface area contributed by atoms with E-state index in [4.69, 9.17) is 0 Å². The molecule has 160 valence electrons. The number of ether oxygens (including phenoxy) is 2. The van der Waals surface area contributed by atoms with Gasteiger partial charge in [-0.15, -0.1) is 0 Å². The third kappa shape index (κ3) is 4.94. The Kier molecular flexibility index (Phi) is 6.68. The zero-order chi connectivity index (χ0) is 22.0. The van der Waals surface area contributed by atoms with Crippen molar-refractivity contribution >= 4 is 44.4 Å². The Morgan fingerprint density at radius 2 is 1.27 bits per heavy atom. The largest absolute Gasteiger partial charge is 0.435 e. The standard InChI is InChI=1S/C10H10F2N2O.C9H7F2IN2O/c1-6-8-5-7(15-10(11)12)3-4-9(8)14(2)13-6;1-14-7-3-2-5(15-9(10)11)4-6(7)8(12)13-14/h3-5,10H,1-2H3;2-4,9H,1H3. The van der Waals surface area contributed by atoms with Crippen LogP contribution >= 0.6 is 22.6 Å². The summed E-state index contributed by atoms with van der Waals surface area (Å²) in [6.45, 7) is -3.76. The summed E-state index contributed by atoms with van der Waals surface area (Å²) in [7, 11) is 3.61. The van der Waals surface area contributed by atoms with Gasteiger partial charge < -0.3 is 9.47 Å². The first-order chi connectivity index (χ1) is 14.2. The average molecular weight is 536 g/mol. The second kappa shape index (κ2) is 9.06. The van der Waals surface area contributed by atoms with Gasteiger partial charge in [-0.2, -0.15) is 27.8 Å². The topological polar surface area (TPSA) is 54.1 Å². The van der Waals surface area contributed by atoms with E-state index >= 15 is 0 Å². The van der Waals surface area contributed by atoms with Crippen LogP contribution in [0, 0.1) is 10.6 Å². The highest BCUT2D eigenvalue weighted by molar-refractivity contribution is 14.1. The van der Waals surface area contributed by atoms with Crippen LogP contribution in [0.4, 0.5) is 17.6 Å². The number of halogens is 5. The fourth-order valence-corrected chi connectivity index (χ4v) is 3.73. The summed E-state index contributed by atoms with van der Waals surface area (Å²) >= 11 is 2.05. The molecule has 2 heterocycles. The van der Waals surface area contributed by atoms with Gasteiger partial charge in [0.15, 0.2) is 0 Å². The molecule has 11 heteroatoms. The van der Waals surface area contributed by atoms with Crippen molar-refractivity contribution in [2.24, 2.45) is 14.1 Å². The van der Waals surface area contributed by atoms with Crippen molar-refractivity contribution in [3.05, 3.63) is 45.8 Å². The van der Waals surface area contributed by atoms with Gasteiger partial charge in [0, 0.05) is 24.9 Å². The maximum atomic E-state index is 12.0. The van der Waals surface area contributed by atoms with Crippen LogP contribution in [0.5, 0.6) is 11.5 Å². The summed E-state index contributed by atoms with van der Waals surface area (Å²) in [5.74, 6) is 0.317. The van der Waals surface area contributed by atoms with Gasteiger partial charge in [0.05, 0.1) is 16.7 Å². The van der Waals surface area contributed by atoms with Crippen LogP contribution in [0.25, 0.3) is 21.8 Å². The molecule has 0 saturated heterocycles. The number of hydrogen-bond donors (Lipinski definition) is 0. The third-order valence-electron chi connectivity index (χ3n) is 4.23. The Bertz CT molecular complexity index is 1080. The molecule has 2 aromatic carbocycles. The molecule has 0 fully saturated rings. The summed E-state index contributed by atoms with van der Waals surface area (Å²) in [5.41, 5.74) is 2.59. The van der Waals surface area contributed by atoms with Crippen molar-refractivity contribution in [3.63, 3.8) is 0 Å². The highest BCUT2D eigenvalue weighted by atomic mass is 127. The summed E-state index contributed by atoms with van der Waals surface area (Å²) in [6, 6.07) is 9.58. The molecule has 0 spiro atoms. The average Bonchev–Trinajstić information content (AvgIpc) is 3.10. The maximum absolute atomic E-state index is 12.0. The van der Waals surface area contributed by atoms with E-state index in [1.54, 1.807) is 40.7 Å². The number of hydrogen-bond acceptors (Lipinski definition) is 4. The van der Waals surface area contributed by atoms with E-state index in [0.717, 1.165) is 31.2 Å². The van der Waals surface area contributed by atoms with E-state index in [0.29, 0.717) is 0 Å². The van der Waals surface area contributed by atoms with Crippen LogP contribution in [0.15, 0.2) is 36.4 Å². The first-order valence-corrected chi connectivity index (χ1v) is 9.69. The number of aryl methyl sites for hydroxylation is 3. The molecule has 0 atom stereocenters. The van der Waals surface area contributed by atoms with Crippen molar-refractivity contribution in [1.29, 1.82) is 0 Å². The Balaban J connectivity index is 0.000000171. The number of nitrogens with zero attached hydrogens (tertiary/aromatic N) is 4. The Morgan fingerprint density at radius 1 is 0.800 bits per heavy atom. The first kappa shape index (κ1) is 22.1. The predicted octanol–water partition coefficient (Wildman–Crippen LogP) is 5.26. The summed E-state index contributed by atoms with van der Waals surface area (Å²) in [5, 5.41) is 10.0. The zero-order valence-corrected chi connectivity index (χ0v) is 18.3. The molecule has 0 aliphatic rings. The molecule has 30 heavy (non-hydrogen) atoms. The molecule has 4 rings (SSSR count). The molecule has 0 bridgehead atoms. The molecule has 0 aliphatic heterocycles. The van der Waals surface area contributed by atoms with E-state index in [2.05, 4.69) is 42.3 Å². The Morgan fingerprint density at radius 3 is 1.80 bits per heavy atom. The van der Waals surface area contributed by atoms with Gasteiger partial charge in [-0.05, 0) is 65.9 Å². The lowest BCUT2D eigenvalue weighted by molar-refractivity contribution is -0.0504. The van der Waals surface area contributed by atoms with Crippen molar-refractivity contribution in [1.82, 2.24) is 19.6 Å². The number of fused-ring (bicyclic) bond motifs is 2. The molecule has 2 aromatic heterocycles. The summed E-state index contributed by atoms with van der Waals surface area (Å²) in [4.78, 5) is 0. The van der Waals surface area contributed by atoms with Gasteiger partial charge in [0.25, 0.3) is 0 Å². The van der Waals surface area contributed by atoms with Gasteiger partial charge in [-0.3, -0.25) is 9.36 Å². The molecule has 0 saturated carbocycles. The highest BCUT2D eigenvalue weighted by Crippen LogP contribution is 2.26. The number of benzene rings is 2. The first-order valence-electron chi connectivity index (χ1n) is 8.61. The molecule has 0 amide bonds.